The van der Waals surface area contributed by atoms with Crippen molar-refractivity contribution < 1.29 is 27.6 Å². The molecule has 2 N–H and O–H groups in total. The van der Waals surface area contributed by atoms with Crippen LogP contribution in [0, 0.1) is 0 Å². The van der Waals surface area contributed by atoms with E-state index in [-0.39, 0.29) is 0 Å². The van der Waals surface area contributed by atoms with E-state index in [9.17, 15) is 27.6 Å². The molecule has 9 heteroatoms. The molecule has 0 aliphatic carbocycles. The molecule has 1 unspecified atom stereocenters. The maximum atomic E-state index is 14.0. The van der Waals surface area contributed by atoms with E-state index in [1.807, 2.05) is 32.0 Å². The Bertz CT molecular complexity index is 986. The summed E-state index contributed by atoms with van der Waals surface area (Å²) in [4.78, 5) is 38.2. The van der Waals surface area contributed by atoms with Gasteiger partial charge in [0.15, 0.2) is 0 Å². The van der Waals surface area contributed by atoms with Gasteiger partial charge in [-0.15, -0.1) is 0 Å². The van der Waals surface area contributed by atoms with Crippen molar-refractivity contribution in [2.24, 2.45) is 0 Å². The third-order valence-corrected chi connectivity index (χ3v) is 5.30. The number of imide groups is 1. The molecule has 1 fully saturated rings. The van der Waals surface area contributed by atoms with Gasteiger partial charge in [-0.05, 0) is 29.5 Å². The zero-order chi connectivity index (χ0) is 22.8. The monoisotopic (exact) mass is 433 g/mol. The molecule has 3 rings (SSSR count). The summed E-state index contributed by atoms with van der Waals surface area (Å²) in [7, 11) is 0. The zero-order valence-corrected chi connectivity index (χ0v) is 17.0. The second kappa shape index (κ2) is 8.41. The normalized spacial score (nSPS) is 18.8. The van der Waals surface area contributed by atoms with Crippen LogP contribution in [-0.2, 0) is 28.0 Å². The molecule has 6 nitrogen and oxygen atoms in total. The average molecular weight is 433 g/mol. The average Bonchev–Trinajstić information content (AvgIpc) is 3.00. The minimum absolute atomic E-state index is 0.302. The lowest BCUT2D eigenvalue weighted by atomic mass is 9.89. The Kier molecular flexibility index (Phi) is 6.06. The number of hydrogen-bond acceptors (Lipinski definition) is 3. The molecule has 1 aliphatic rings. The van der Waals surface area contributed by atoms with Gasteiger partial charge in [0, 0.05) is 5.69 Å². The summed E-state index contributed by atoms with van der Waals surface area (Å²) in [6.07, 6.45) is -3.86. The molecule has 0 spiro atoms. The Morgan fingerprint density at radius 3 is 2.10 bits per heavy atom. The van der Waals surface area contributed by atoms with Crippen molar-refractivity contribution in [3.05, 3.63) is 65.2 Å². The molecule has 1 atom stereocenters. The largest absolute Gasteiger partial charge is 0.425 e. The third-order valence-electron chi connectivity index (χ3n) is 5.30. The zero-order valence-electron chi connectivity index (χ0n) is 17.0. The van der Waals surface area contributed by atoms with Crippen LogP contribution < -0.4 is 10.6 Å². The summed E-state index contributed by atoms with van der Waals surface area (Å²) in [5.41, 5.74) is -1.41. The summed E-state index contributed by atoms with van der Waals surface area (Å²) in [6, 6.07) is 10.6. The molecule has 0 saturated carbocycles. The Labute approximate surface area is 177 Å². The lowest BCUT2D eigenvalue weighted by Crippen LogP contribution is -2.56. The second-order valence-electron chi connectivity index (χ2n) is 7.14. The number of nitrogens with zero attached hydrogens (tertiary/aromatic N) is 1. The Balaban J connectivity index is 1.89. The number of halogens is 3. The van der Waals surface area contributed by atoms with Crippen LogP contribution in [0.4, 0.5) is 23.7 Å². The molecule has 2 aromatic carbocycles. The summed E-state index contributed by atoms with van der Waals surface area (Å²) in [5.74, 6) is -2.30. The van der Waals surface area contributed by atoms with Gasteiger partial charge in [-0.2, -0.15) is 13.2 Å². The van der Waals surface area contributed by atoms with Crippen LogP contribution in [0.15, 0.2) is 48.5 Å². The van der Waals surface area contributed by atoms with E-state index < -0.39 is 41.7 Å². The van der Waals surface area contributed by atoms with Crippen LogP contribution in [-0.4, -0.2) is 35.5 Å². The maximum Gasteiger partial charge on any atom is 0.425 e. The Morgan fingerprint density at radius 2 is 1.58 bits per heavy atom. The predicted molar refractivity (Wildman–Crippen MR) is 108 cm³/mol. The van der Waals surface area contributed by atoms with E-state index in [2.05, 4.69) is 5.32 Å². The third kappa shape index (κ3) is 3.87. The van der Waals surface area contributed by atoms with Gasteiger partial charge in [0.05, 0.1) is 0 Å². The van der Waals surface area contributed by atoms with Crippen LogP contribution in [0.1, 0.15) is 30.5 Å². The highest BCUT2D eigenvalue weighted by atomic mass is 19.4. The number of benzene rings is 2. The molecule has 31 heavy (non-hydrogen) atoms. The van der Waals surface area contributed by atoms with Gasteiger partial charge in [-0.1, -0.05) is 62.4 Å². The lowest BCUT2D eigenvalue weighted by Gasteiger charge is -2.29. The van der Waals surface area contributed by atoms with Gasteiger partial charge in [0.25, 0.3) is 5.91 Å². The van der Waals surface area contributed by atoms with Crippen LogP contribution in [0.5, 0.6) is 0 Å². The van der Waals surface area contributed by atoms with Crippen LogP contribution >= 0.6 is 0 Å². The van der Waals surface area contributed by atoms with Gasteiger partial charge in [-0.25, -0.2) is 4.79 Å². The van der Waals surface area contributed by atoms with E-state index in [0.29, 0.717) is 23.4 Å². The van der Waals surface area contributed by atoms with E-state index in [1.54, 1.807) is 5.32 Å². The second-order valence-corrected chi connectivity index (χ2v) is 7.14. The van der Waals surface area contributed by atoms with Crippen molar-refractivity contribution in [3.8, 4) is 0 Å². The first kappa shape index (κ1) is 22.3. The van der Waals surface area contributed by atoms with Crippen molar-refractivity contribution >= 4 is 23.5 Å². The molecule has 0 radical (unpaired) electrons. The van der Waals surface area contributed by atoms with Crippen LogP contribution in [0.3, 0.4) is 0 Å². The minimum atomic E-state index is -5.10. The van der Waals surface area contributed by atoms with Gasteiger partial charge in [-0.3, -0.25) is 14.5 Å². The Hall–Kier alpha value is -3.36. The number of para-hydroxylation sites is 1. The van der Waals surface area contributed by atoms with Gasteiger partial charge in [0.2, 0.25) is 11.4 Å². The van der Waals surface area contributed by atoms with Crippen molar-refractivity contribution in [1.82, 2.24) is 10.2 Å². The summed E-state index contributed by atoms with van der Waals surface area (Å²) in [6.45, 7) is 2.97. The number of urea groups is 1. The van der Waals surface area contributed by atoms with Crippen molar-refractivity contribution in [2.45, 2.75) is 38.4 Å². The number of aryl methyl sites for hydroxylation is 2. The van der Waals surface area contributed by atoms with E-state index in [0.717, 1.165) is 23.3 Å². The summed E-state index contributed by atoms with van der Waals surface area (Å²) >= 11 is 0. The quantitative estimate of drug-likeness (QED) is 0.681. The summed E-state index contributed by atoms with van der Waals surface area (Å²) in [5, 5.41) is 4.43. The van der Waals surface area contributed by atoms with Crippen molar-refractivity contribution in [1.29, 1.82) is 0 Å². The fourth-order valence-electron chi connectivity index (χ4n) is 3.68. The molecule has 1 aliphatic heterocycles. The molecule has 0 bridgehead atoms. The number of carbonyl (C=O) groups is 3. The maximum absolute atomic E-state index is 14.0. The molecule has 2 aromatic rings. The number of anilines is 1. The van der Waals surface area contributed by atoms with Gasteiger partial charge >= 0.3 is 12.2 Å². The highest BCUT2D eigenvalue weighted by Crippen LogP contribution is 2.43. The number of rotatable bonds is 6. The van der Waals surface area contributed by atoms with E-state index >= 15 is 0 Å². The topological polar surface area (TPSA) is 78.5 Å². The molecular formula is C22H22F3N3O3. The number of hydrogen-bond donors (Lipinski definition) is 2. The molecule has 4 amide bonds. The van der Waals surface area contributed by atoms with Crippen molar-refractivity contribution in [2.75, 3.05) is 11.9 Å². The molecular weight excluding hydrogens is 411 g/mol. The first-order chi connectivity index (χ1) is 14.7. The predicted octanol–water partition coefficient (Wildman–Crippen LogP) is 3.76. The number of nitrogens with one attached hydrogen (secondary N) is 2. The fraction of sp³-hybridized carbons (Fsp3) is 0.318. The summed E-state index contributed by atoms with van der Waals surface area (Å²) < 4.78 is 42.1. The molecule has 1 heterocycles. The first-order valence-electron chi connectivity index (χ1n) is 9.82. The van der Waals surface area contributed by atoms with E-state index in [4.69, 9.17) is 0 Å². The number of alkyl halides is 3. The van der Waals surface area contributed by atoms with Gasteiger partial charge in [0.1, 0.15) is 6.54 Å². The Morgan fingerprint density at radius 1 is 1.00 bits per heavy atom. The SMILES string of the molecule is CCc1cccc(CC)c1NC(=O)CN1C(=O)NC(c2ccccc2)(C(F)(F)F)C1=O. The standard InChI is InChI=1S/C22H22F3N3O3/c1-3-14-9-8-10-15(4-2)18(14)26-17(29)13-28-19(30)21(22(23,24)25,27-20(28)31)16-11-6-5-7-12-16/h5-12H,3-4,13H2,1-2H3,(H,26,29)(H,27,31). The minimum Gasteiger partial charge on any atom is -0.324 e. The fourth-order valence-corrected chi connectivity index (χ4v) is 3.68. The smallest absolute Gasteiger partial charge is 0.324 e. The number of carbonyl (C=O) groups excluding carboxylic acids is 3. The molecule has 0 aromatic heterocycles. The molecule has 164 valence electrons. The first-order valence-corrected chi connectivity index (χ1v) is 9.82. The molecule has 1 saturated heterocycles. The van der Waals surface area contributed by atoms with Gasteiger partial charge < -0.3 is 10.6 Å². The number of amides is 4. The lowest BCUT2D eigenvalue weighted by molar-refractivity contribution is -0.198. The van der Waals surface area contributed by atoms with Crippen LogP contribution in [0.25, 0.3) is 0 Å². The van der Waals surface area contributed by atoms with Crippen molar-refractivity contribution in [3.63, 3.8) is 0 Å². The van der Waals surface area contributed by atoms with Crippen LogP contribution in [0.2, 0.25) is 0 Å². The highest BCUT2D eigenvalue weighted by Gasteiger charge is 2.68. The van der Waals surface area contributed by atoms with E-state index in [1.165, 1.54) is 18.2 Å². The highest BCUT2D eigenvalue weighted by molar-refractivity contribution is 6.11.